The molecule has 1 unspecified atom stereocenters. The maximum atomic E-state index is 12.1. The monoisotopic (exact) mass is 388 g/mol. The van der Waals surface area contributed by atoms with Gasteiger partial charge in [0.2, 0.25) is 0 Å². The van der Waals surface area contributed by atoms with Crippen LogP contribution in [-0.4, -0.2) is 24.5 Å². The maximum absolute atomic E-state index is 12.1. The molecule has 0 aliphatic heterocycles. The number of unbranched alkanes of at least 4 members (excludes halogenated alkanes) is 9. The van der Waals surface area contributed by atoms with Gasteiger partial charge in [-0.15, -0.1) is 0 Å². The van der Waals surface area contributed by atoms with Crippen LogP contribution in [0.4, 0.5) is 0 Å². The number of fused-ring (bicyclic) bond motifs is 1. The Morgan fingerprint density at radius 3 is 2.07 bits per heavy atom. The number of Topliss-reactive ketones (excluding diaryl/α,β-unsaturated/α-hetero) is 2. The van der Waals surface area contributed by atoms with E-state index in [1.165, 1.54) is 51.4 Å². The molecule has 0 saturated heterocycles. The molecule has 5 nitrogen and oxygen atoms in total. The van der Waals surface area contributed by atoms with Crippen molar-refractivity contribution < 1.29 is 24.2 Å². The zero-order valence-corrected chi connectivity index (χ0v) is 16.9. The van der Waals surface area contributed by atoms with Crippen LogP contribution in [0.25, 0.3) is 0 Å². The van der Waals surface area contributed by atoms with E-state index in [9.17, 15) is 14.4 Å². The number of benzene rings is 1. The van der Waals surface area contributed by atoms with E-state index in [1.807, 2.05) is 0 Å². The van der Waals surface area contributed by atoms with Crippen molar-refractivity contribution >= 4 is 17.9 Å². The molecular weight excluding hydrogens is 356 g/mol. The van der Waals surface area contributed by atoms with Gasteiger partial charge in [-0.2, -0.15) is 0 Å². The minimum absolute atomic E-state index is 0.207. The number of carbonyl (C=O) groups excluding carboxylic acids is 3. The van der Waals surface area contributed by atoms with Gasteiger partial charge in [0.25, 0.3) is 0 Å². The first-order valence-electron chi connectivity index (χ1n) is 10.6. The van der Waals surface area contributed by atoms with Gasteiger partial charge in [-0.25, -0.2) is 9.78 Å². The van der Waals surface area contributed by atoms with Crippen LogP contribution >= 0.6 is 0 Å². The molecule has 0 saturated carbocycles. The molecule has 28 heavy (non-hydrogen) atoms. The van der Waals surface area contributed by atoms with Gasteiger partial charge in [0.15, 0.2) is 11.6 Å². The topological polar surface area (TPSA) is 69.7 Å². The van der Waals surface area contributed by atoms with E-state index < -0.39 is 17.5 Å². The van der Waals surface area contributed by atoms with Crippen molar-refractivity contribution in [1.82, 2.24) is 0 Å². The van der Waals surface area contributed by atoms with Gasteiger partial charge in [-0.3, -0.25) is 9.59 Å². The van der Waals surface area contributed by atoms with Crippen molar-refractivity contribution in [3.63, 3.8) is 0 Å². The summed E-state index contributed by atoms with van der Waals surface area (Å²) in [7, 11) is 0. The Balaban J connectivity index is 1.53. The molecule has 2 rings (SSSR count). The average Bonchev–Trinajstić information content (AvgIpc) is 2.95. The first-order valence-corrected chi connectivity index (χ1v) is 10.6. The highest BCUT2D eigenvalue weighted by molar-refractivity contribution is 6.32. The van der Waals surface area contributed by atoms with Crippen molar-refractivity contribution in [3.05, 3.63) is 34.9 Å². The molecule has 1 aliphatic rings. The predicted molar refractivity (Wildman–Crippen MR) is 107 cm³/mol. The molecule has 0 N–H and O–H groups in total. The molecule has 0 bridgehead atoms. The van der Waals surface area contributed by atoms with Crippen LogP contribution < -0.4 is 0 Å². The molecule has 0 amide bonds. The third kappa shape index (κ3) is 6.64. The van der Waals surface area contributed by atoms with Crippen LogP contribution in [0.2, 0.25) is 0 Å². The van der Waals surface area contributed by atoms with Crippen molar-refractivity contribution in [2.75, 3.05) is 6.61 Å². The van der Waals surface area contributed by atoms with Gasteiger partial charge < -0.3 is 4.79 Å². The first kappa shape index (κ1) is 22.4. The van der Waals surface area contributed by atoms with E-state index in [2.05, 4.69) is 6.92 Å². The third-order valence-corrected chi connectivity index (χ3v) is 5.21. The summed E-state index contributed by atoms with van der Waals surface area (Å²) in [6, 6.07) is 4.92. The Morgan fingerprint density at radius 2 is 1.43 bits per heavy atom. The van der Waals surface area contributed by atoms with E-state index in [4.69, 9.17) is 9.78 Å². The van der Waals surface area contributed by atoms with Crippen molar-refractivity contribution in [2.45, 2.75) is 77.7 Å². The predicted octanol–water partition coefficient (Wildman–Crippen LogP) is 5.25. The van der Waals surface area contributed by atoms with Crippen LogP contribution in [0.1, 0.15) is 97.4 Å². The lowest BCUT2D eigenvalue weighted by molar-refractivity contribution is -0.304. The molecule has 1 atom stereocenters. The Morgan fingerprint density at radius 1 is 0.821 bits per heavy atom. The van der Waals surface area contributed by atoms with Crippen molar-refractivity contribution in [1.29, 1.82) is 0 Å². The summed E-state index contributed by atoms with van der Waals surface area (Å²) >= 11 is 0. The van der Waals surface area contributed by atoms with Gasteiger partial charge >= 0.3 is 0 Å². The summed E-state index contributed by atoms with van der Waals surface area (Å²) in [5, 5.41) is 0. The van der Waals surface area contributed by atoms with E-state index in [1.54, 1.807) is 18.2 Å². The highest BCUT2D eigenvalue weighted by Crippen LogP contribution is 2.27. The van der Waals surface area contributed by atoms with Gasteiger partial charge in [-0.05, 0) is 18.1 Å². The lowest BCUT2D eigenvalue weighted by Crippen LogP contribution is -2.15. The van der Waals surface area contributed by atoms with Gasteiger partial charge in [0, 0.05) is 11.1 Å². The lowest BCUT2D eigenvalue weighted by atomic mass is 10.1. The van der Waals surface area contributed by atoms with E-state index in [0.29, 0.717) is 24.0 Å². The van der Waals surface area contributed by atoms with Crippen molar-refractivity contribution in [3.8, 4) is 0 Å². The summed E-state index contributed by atoms with van der Waals surface area (Å²) in [4.78, 5) is 45.3. The fourth-order valence-electron chi connectivity index (χ4n) is 3.49. The zero-order valence-electron chi connectivity index (χ0n) is 16.9. The number of aldehydes is 1. The number of hydrogen-bond donors (Lipinski definition) is 0. The van der Waals surface area contributed by atoms with Crippen LogP contribution in [0.3, 0.4) is 0 Å². The first-order chi connectivity index (χ1) is 13.7. The molecule has 1 aromatic rings. The van der Waals surface area contributed by atoms with E-state index >= 15 is 0 Å². The zero-order chi connectivity index (χ0) is 20.2. The molecule has 0 spiro atoms. The molecule has 5 heteroatoms. The Bertz CT molecular complexity index is 652. The maximum Gasteiger partial charge on any atom is 0.181 e. The van der Waals surface area contributed by atoms with Gasteiger partial charge in [0.1, 0.15) is 18.8 Å². The minimum atomic E-state index is -1.18. The summed E-state index contributed by atoms with van der Waals surface area (Å²) in [6.07, 6.45) is 13.1. The lowest BCUT2D eigenvalue weighted by Gasteiger charge is -2.06. The molecule has 0 heterocycles. The van der Waals surface area contributed by atoms with E-state index in [0.717, 1.165) is 18.4 Å². The summed E-state index contributed by atoms with van der Waals surface area (Å²) < 4.78 is 0. The molecule has 154 valence electrons. The van der Waals surface area contributed by atoms with Gasteiger partial charge in [-0.1, -0.05) is 76.8 Å². The number of carbonyl (C=O) groups is 3. The molecule has 0 fully saturated rings. The van der Waals surface area contributed by atoms with Gasteiger partial charge in [0.05, 0.1) is 6.61 Å². The van der Waals surface area contributed by atoms with Crippen LogP contribution in [0, 0.1) is 5.92 Å². The second-order valence-corrected chi connectivity index (χ2v) is 7.49. The van der Waals surface area contributed by atoms with Crippen LogP contribution in [-0.2, 0) is 21.2 Å². The fourth-order valence-corrected chi connectivity index (χ4v) is 3.49. The smallest absolute Gasteiger partial charge is 0.181 e. The average molecular weight is 389 g/mol. The fraction of sp³-hybridized carbons (Fsp3) is 0.609. The molecule has 1 aliphatic carbocycles. The quantitative estimate of drug-likeness (QED) is 0.135. The minimum Gasteiger partial charge on any atom is -0.302 e. The summed E-state index contributed by atoms with van der Waals surface area (Å²) in [6.45, 7) is 2.99. The van der Waals surface area contributed by atoms with Crippen LogP contribution in [0.5, 0.6) is 0 Å². The van der Waals surface area contributed by atoms with E-state index in [-0.39, 0.29) is 6.61 Å². The standard InChI is InChI=1S/C23H32O5/c1-2-3-4-5-6-7-8-9-10-11-14-27-28-17-18-12-13-19-20(15-18)23(26)21(16-24)22(19)25/h12-13,15-16,21H,2-11,14,17H2,1H3. The Kier molecular flexibility index (Phi) is 10.1. The Hall–Kier alpha value is -1.85. The molecule has 1 aromatic carbocycles. The normalized spacial score (nSPS) is 15.8. The second kappa shape index (κ2) is 12.6. The third-order valence-electron chi connectivity index (χ3n) is 5.21. The molecule has 0 radical (unpaired) electrons. The molecule has 0 aromatic heterocycles. The SMILES string of the molecule is CCCCCCCCCCCCOOCc1ccc2c(c1)C(=O)C(C=O)C2=O. The highest BCUT2D eigenvalue weighted by atomic mass is 17.2. The summed E-state index contributed by atoms with van der Waals surface area (Å²) in [5.41, 5.74) is 1.37. The largest absolute Gasteiger partial charge is 0.302 e. The van der Waals surface area contributed by atoms with Crippen molar-refractivity contribution in [2.24, 2.45) is 5.92 Å². The molecular formula is C23H32O5. The van der Waals surface area contributed by atoms with Crippen LogP contribution in [0.15, 0.2) is 18.2 Å². The second-order valence-electron chi connectivity index (χ2n) is 7.49. The number of hydrogen-bond acceptors (Lipinski definition) is 5. The number of ketones is 2. The highest BCUT2D eigenvalue weighted by Gasteiger charge is 2.38. The Labute approximate surface area is 167 Å². The summed E-state index contributed by atoms with van der Waals surface area (Å²) in [5.74, 6) is -2.03. The number of rotatable bonds is 15.